The van der Waals surface area contributed by atoms with E-state index in [-0.39, 0.29) is 40.8 Å². The lowest BCUT2D eigenvalue weighted by molar-refractivity contribution is -0.191. The Morgan fingerprint density at radius 1 is 1.04 bits per heavy atom. The second-order valence-corrected chi connectivity index (χ2v) is 17.5. The number of fused-ring (bicyclic) bond motifs is 5. The molecular formula is C38H58ClNO4S. The number of hydrogen-bond donors (Lipinski definition) is 1. The SMILES string of the molecule is CCCCCCCC(=O)O[C@@H]1C[C@@H]2CC(=O)CC[C@]2(C)[C@H]2CC[C@]3(C)[C@@H]([C@H](C)CC(=O)N[C@H](CC)c4ccc(Cl)s4)CC[C@H]3[C@H]12. The van der Waals surface area contributed by atoms with E-state index in [2.05, 4.69) is 39.9 Å². The molecular weight excluding hydrogens is 602 g/mol. The van der Waals surface area contributed by atoms with Crippen LogP contribution in [0.1, 0.15) is 148 Å². The van der Waals surface area contributed by atoms with E-state index in [1.165, 1.54) is 19.3 Å². The number of unbranched alkanes of at least 4 members (excludes halogenated alkanes) is 4. The van der Waals surface area contributed by atoms with Crippen molar-refractivity contribution in [3.05, 3.63) is 21.3 Å². The molecule has 5 nitrogen and oxygen atoms in total. The molecule has 0 aliphatic heterocycles. The summed E-state index contributed by atoms with van der Waals surface area (Å²) in [6.45, 7) is 11.6. The number of rotatable bonds is 13. The van der Waals surface area contributed by atoms with Gasteiger partial charge in [0.05, 0.1) is 10.4 Å². The Balaban J connectivity index is 1.29. The van der Waals surface area contributed by atoms with Crippen molar-refractivity contribution in [1.29, 1.82) is 0 Å². The average Bonchev–Trinajstić information content (AvgIpc) is 3.59. The highest BCUT2D eigenvalue weighted by atomic mass is 35.5. The van der Waals surface area contributed by atoms with Crippen LogP contribution < -0.4 is 5.32 Å². The molecule has 0 radical (unpaired) electrons. The van der Waals surface area contributed by atoms with Crippen molar-refractivity contribution < 1.29 is 19.1 Å². The predicted octanol–water partition coefficient (Wildman–Crippen LogP) is 10.1. The third-order valence-corrected chi connectivity index (χ3v) is 14.5. The number of carbonyl (C=O) groups excluding carboxylic acids is 3. The Morgan fingerprint density at radius 3 is 2.51 bits per heavy atom. The first-order chi connectivity index (χ1) is 21.5. The van der Waals surface area contributed by atoms with Crippen molar-refractivity contribution in [3.8, 4) is 0 Å². The summed E-state index contributed by atoms with van der Waals surface area (Å²) in [5.74, 6) is 2.88. The smallest absolute Gasteiger partial charge is 0.306 e. The van der Waals surface area contributed by atoms with E-state index < -0.39 is 0 Å². The fraction of sp³-hybridized carbons (Fsp3) is 0.816. The van der Waals surface area contributed by atoms with Gasteiger partial charge in [-0.25, -0.2) is 0 Å². The zero-order chi connectivity index (χ0) is 32.4. The molecule has 4 fully saturated rings. The Kier molecular flexibility index (Phi) is 11.5. The van der Waals surface area contributed by atoms with Gasteiger partial charge in [0.15, 0.2) is 0 Å². The molecule has 0 unspecified atom stereocenters. The highest BCUT2D eigenvalue weighted by Crippen LogP contribution is 2.68. The van der Waals surface area contributed by atoms with Crippen molar-refractivity contribution in [1.82, 2.24) is 5.32 Å². The molecule has 1 heterocycles. The maximum Gasteiger partial charge on any atom is 0.306 e. The molecule has 4 saturated carbocycles. The van der Waals surface area contributed by atoms with Gasteiger partial charge in [-0.05, 0) is 104 Å². The minimum Gasteiger partial charge on any atom is -0.462 e. The average molecular weight is 660 g/mol. The molecule has 252 valence electrons. The van der Waals surface area contributed by atoms with Crippen LogP contribution in [0, 0.1) is 46.3 Å². The first-order valence-electron chi connectivity index (χ1n) is 18.3. The first kappa shape index (κ1) is 34.9. The number of Topliss-reactive ketones (excluding diaryl/α,β-unsaturated/α-hetero) is 1. The summed E-state index contributed by atoms with van der Waals surface area (Å²) < 4.78 is 7.24. The van der Waals surface area contributed by atoms with E-state index in [1.807, 2.05) is 12.1 Å². The van der Waals surface area contributed by atoms with Crippen molar-refractivity contribution >= 4 is 40.6 Å². The number of thiophene rings is 1. The zero-order valence-electron chi connectivity index (χ0n) is 28.5. The monoisotopic (exact) mass is 659 g/mol. The highest BCUT2D eigenvalue weighted by molar-refractivity contribution is 7.16. The Morgan fingerprint density at radius 2 is 1.80 bits per heavy atom. The predicted molar refractivity (Wildman–Crippen MR) is 183 cm³/mol. The molecule has 1 aromatic heterocycles. The molecule has 4 aliphatic carbocycles. The van der Waals surface area contributed by atoms with E-state index in [9.17, 15) is 14.4 Å². The van der Waals surface area contributed by atoms with Gasteiger partial charge in [-0.1, -0.05) is 71.9 Å². The summed E-state index contributed by atoms with van der Waals surface area (Å²) in [7, 11) is 0. The summed E-state index contributed by atoms with van der Waals surface area (Å²) in [6.07, 6.45) is 15.1. The van der Waals surface area contributed by atoms with E-state index in [4.69, 9.17) is 16.3 Å². The van der Waals surface area contributed by atoms with E-state index >= 15 is 0 Å². The molecule has 5 rings (SSSR count). The lowest BCUT2D eigenvalue weighted by Gasteiger charge is -2.62. The van der Waals surface area contributed by atoms with Gasteiger partial charge in [0.1, 0.15) is 11.9 Å². The molecule has 0 spiro atoms. The summed E-state index contributed by atoms with van der Waals surface area (Å²) in [5, 5.41) is 3.30. The van der Waals surface area contributed by atoms with Gasteiger partial charge in [0.2, 0.25) is 5.91 Å². The zero-order valence-corrected chi connectivity index (χ0v) is 30.1. The maximum atomic E-state index is 13.4. The van der Waals surface area contributed by atoms with E-state index in [1.54, 1.807) is 11.3 Å². The van der Waals surface area contributed by atoms with Crippen molar-refractivity contribution in [2.45, 2.75) is 149 Å². The second-order valence-electron chi connectivity index (χ2n) is 15.7. The highest BCUT2D eigenvalue weighted by Gasteiger charge is 2.64. The van der Waals surface area contributed by atoms with Gasteiger partial charge < -0.3 is 10.1 Å². The van der Waals surface area contributed by atoms with Gasteiger partial charge in [-0.2, -0.15) is 0 Å². The van der Waals surface area contributed by atoms with Crippen molar-refractivity contribution in [3.63, 3.8) is 0 Å². The molecule has 1 N–H and O–H groups in total. The minimum atomic E-state index is -0.0907. The van der Waals surface area contributed by atoms with Gasteiger partial charge in [-0.15, -0.1) is 11.3 Å². The van der Waals surface area contributed by atoms with Crippen LogP contribution >= 0.6 is 22.9 Å². The Labute approximate surface area is 281 Å². The molecule has 0 bridgehead atoms. The van der Waals surface area contributed by atoms with Crippen LogP contribution in [0.2, 0.25) is 4.34 Å². The third-order valence-electron chi connectivity index (χ3n) is 13.2. The maximum absolute atomic E-state index is 13.4. The summed E-state index contributed by atoms with van der Waals surface area (Å²) in [5.41, 5.74) is 0.275. The van der Waals surface area contributed by atoms with Crippen LogP contribution in [-0.4, -0.2) is 23.8 Å². The normalized spacial score (nSPS) is 35.6. The molecule has 0 saturated heterocycles. The molecule has 1 aromatic rings. The molecule has 7 heteroatoms. The number of hydrogen-bond acceptors (Lipinski definition) is 5. The summed E-state index contributed by atoms with van der Waals surface area (Å²) in [4.78, 5) is 40.4. The van der Waals surface area contributed by atoms with Crippen molar-refractivity contribution in [2.75, 3.05) is 0 Å². The second kappa shape index (κ2) is 14.8. The number of esters is 1. The van der Waals surface area contributed by atoms with Crippen LogP contribution in [0.3, 0.4) is 0 Å². The number of ketones is 1. The third kappa shape index (κ3) is 7.37. The number of ether oxygens (including phenoxy) is 1. The fourth-order valence-electron chi connectivity index (χ4n) is 10.8. The summed E-state index contributed by atoms with van der Waals surface area (Å²) >= 11 is 7.74. The number of amides is 1. The molecule has 10 atom stereocenters. The lowest BCUT2D eigenvalue weighted by atomic mass is 9.43. The van der Waals surface area contributed by atoms with Gasteiger partial charge in [0.25, 0.3) is 0 Å². The number of carbonyl (C=O) groups is 3. The largest absolute Gasteiger partial charge is 0.462 e. The van der Waals surface area contributed by atoms with Gasteiger partial charge >= 0.3 is 5.97 Å². The van der Waals surface area contributed by atoms with Gasteiger partial charge in [0, 0.05) is 36.5 Å². The first-order valence-corrected chi connectivity index (χ1v) is 19.4. The molecule has 0 aromatic carbocycles. The summed E-state index contributed by atoms with van der Waals surface area (Å²) in [6, 6.07) is 3.94. The van der Waals surface area contributed by atoms with E-state index in [0.29, 0.717) is 61.1 Å². The Bertz CT molecular complexity index is 1200. The van der Waals surface area contributed by atoms with E-state index in [0.717, 1.165) is 67.0 Å². The van der Waals surface area contributed by atoms with Crippen LogP contribution in [0.25, 0.3) is 0 Å². The topological polar surface area (TPSA) is 72.5 Å². The van der Waals surface area contributed by atoms with Crippen LogP contribution in [0.15, 0.2) is 12.1 Å². The van der Waals surface area contributed by atoms with Crippen LogP contribution in [0.4, 0.5) is 0 Å². The Hall–Kier alpha value is -1.40. The molecule has 1 amide bonds. The van der Waals surface area contributed by atoms with Gasteiger partial charge in [-0.3, -0.25) is 14.4 Å². The lowest BCUT2D eigenvalue weighted by Crippen LogP contribution is -2.59. The van der Waals surface area contributed by atoms with Crippen LogP contribution in [-0.2, 0) is 19.1 Å². The number of halogens is 1. The van der Waals surface area contributed by atoms with Crippen LogP contribution in [0.5, 0.6) is 0 Å². The standard InChI is InChI=1S/C38H58ClNO4S/c1-6-8-9-10-11-12-35(43)44-31-23-25-22-26(41)17-19-37(25,4)29-18-20-38(5)27(13-14-28(38)36(29)31)24(3)21-34(42)40-30(7-2)32-15-16-33(39)45-32/h15-16,24-25,27-31,36H,6-14,17-23H2,1-5H3,(H,40,42)/t24-,25+,27-,28+,29+,30-,31-,36+,37+,38-/m1/s1. The fourth-order valence-corrected chi connectivity index (χ4v) is 12.0. The molecule has 45 heavy (non-hydrogen) atoms. The quantitative estimate of drug-likeness (QED) is 0.169. The molecule has 4 aliphatic rings. The van der Waals surface area contributed by atoms with Crippen molar-refractivity contribution in [2.24, 2.45) is 46.3 Å². The minimum absolute atomic E-state index is 0.00458. The number of nitrogens with one attached hydrogen (secondary N) is 1.